The molecule has 2 saturated carbocycles. The number of ketones is 1. The smallest absolute Gasteiger partial charge is 0.183 e. The summed E-state index contributed by atoms with van der Waals surface area (Å²) in [5.41, 5.74) is 0.516. The Hall–Kier alpha value is -2.61. The number of aromatic nitrogens is 3. The average molecular weight is 349 g/mol. The normalized spacial score (nSPS) is 26.8. The fourth-order valence-corrected chi connectivity index (χ4v) is 4.58. The van der Waals surface area contributed by atoms with E-state index in [2.05, 4.69) is 26.8 Å². The van der Waals surface area contributed by atoms with E-state index < -0.39 is 0 Å². The summed E-state index contributed by atoms with van der Waals surface area (Å²) in [5, 5.41) is 0. The minimum atomic E-state index is -0.380. The Morgan fingerprint density at radius 2 is 2.08 bits per heavy atom. The summed E-state index contributed by atoms with van der Waals surface area (Å²) in [4.78, 5) is 24.8. The zero-order valence-electron chi connectivity index (χ0n) is 14.5. The van der Waals surface area contributed by atoms with Crippen molar-refractivity contribution in [3.63, 3.8) is 0 Å². The Kier molecular flexibility index (Phi) is 4.28. The number of fused-ring (bicyclic) bond motifs is 2. The first kappa shape index (κ1) is 16.8. The molecule has 2 aromatic heterocycles. The molecule has 26 heavy (non-hydrogen) atoms. The van der Waals surface area contributed by atoms with E-state index in [1.807, 2.05) is 0 Å². The summed E-state index contributed by atoms with van der Waals surface area (Å²) in [6.45, 7) is 0. The quantitative estimate of drug-likeness (QED) is 0.621. The van der Waals surface area contributed by atoms with Gasteiger partial charge in [0.2, 0.25) is 0 Å². The topological polar surface area (TPSA) is 55.7 Å². The van der Waals surface area contributed by atoms with Gasteiger partial charge < -0.3 is 0 Å². The van der Waals surface area contributed by atoms with Gasteiger partial charge in [-0.05, 0) is 55.6 Å². The molecule has 5 heteroatoms. The van der Waals surface area contributed by atoms with Gasteiger partial charge in [0, 0.05) is 30.4 Å². The standard InChI is InChI=1S/C21H20FN3O/c22-16-3-1-10-24-17(16)4-7-20-5-2-6-21(15-20,9-8-20)13-19(26)18-14-23-11-12-25-18/h1,3,10-12,14H,2,5-6,8-9,13,15H2. The monoisotopic (exact) mass is 349 g/mol. The van der Waals surface area contributed by atoms with Crippen LogP contribution in [0.1, 0.15) is 61.1 Å². The van der Waals surface area contributed by atoms with Crippen LogP contribution in [0.3, 0.4) is 0 Å². The number of pyridine rings is 1. The lowest BCUT2D eigenvalue weighted by atomic mass is 9.67. The summed E-state index contributed by atoms with van der Waals surface area (Å²) in [6, 6.07) is 2.95. The molecule has 0 saturated heterocycles. The molecule has 2 aliphatic carbocycles. The van der Waals surface area contributed by atoms with Crippen molar-refractivity contribution in [3.8, 4) is 11.8 Å². The highest BCUT2D eigenvalue weighted by Crippen LogP contribution is 2.60. The Labute approximate surface area is 152 Å². The number of carbonyl (C=O) groups excluding carboxylic acids is 1. The van der Waals surface area contributed by atoms with Gasteiger partial charge in [-0.2, -0.15) is 0 Å². The lowest BCUT2D eigenvalue weighted by molar-refractivity contribution is 0.0856. The number of hydrogen-bond donors (Lipinski definition) is 0. The molecule has 0 aromatic carbocycles. The van der Waals surface area contributed by atoms with Crippen LogP contribution in [-0.4, -0.2) is 20.7 Å². The minimum absolute atomic E-state index is 0.00973. The maximum absolute atomic E-state index is 13.8. The SMILES string of the molecule is O=C(CC12CCCC(C#Cc3ncccc3F)(CC1)C2)c1cnccn1. The van der Waals surface area contributed by atoms with Crippen LogP contribution in [0, 0.1) is 28.5 Å². The van der Waals surface area contributed by atoms with Crippen LogP contribution in [-0.2, 0) is 0 Å². The van der Waals surface area contributed by atoms with Crippen LogP contribution in [0.2, 0.25) is 0 Å². The molecule has 2 atom stereocenters. The van der Waals surface area contributed by atoms with E-state index in [1.165, 1.54) is 12.3 Å². The van der Waals surface area contributed by atoms with Crippen LogP contribution in [0.15, 0.2) is 36.9 Å². The van der Waals surface area contributed by atoms with Crippen molar-refractivity contribution >= 4 is 5.78 Å². The Morgan fingerprint density at radius 3 is 2.88 bits per heavy atom. The molecular formula is C21H20FN3O. The third-order valence-electron chi connectivity index (χ3n) is 5.80. The van der Waals surface area contributed by atoms with Crippen LogP contribution in [0.5, 0.6) is 0 Å². The molecule has 4 rings (SSSR count). The predicted octanol–water partition coefficient (Wildman–Crippen LogP) is 3.98. The van der Waals surface area contributed by atoms with Gasteiger partial charge in [-0.3, -0.25) is 9.78 Å². The molecule has 0 spiro atoms. The van der Waals surface area contributed by atoms with Crippen LogP contribution in [0.4, 0.5) is 4.39 Å². The van der Waals surface area contributed by atoms with Crippen molar-refractivity contribution in [3.05, 3.63) is 54.1 Å². The first-order chi connectivity index (χ1) is 12.6. The molecule has 0 N–H and O–H groups in total. The molecule has 2 bridgehead atoms. The first-order valence-electron chi connectivity index (χ1n) is 9.03. The number of Topliss-reactive ketones (excluding diaryl/α,β-unsaturated/α-hetero) is 1. The van der Waals surface area contributed by atoms with Crippen LogP contribution >= 0.6 is 0 Å². The summed E-state index contributed by atoms with van der Waals surface area (Å²) >= 11 is 0. The van der Waals surface area contributed by atoms with Crippen molar-refractivity contribution in [1.82, 2.24) is 15.0 Å². The molecule has 2 aromatic rings. The zero-order valence-corrected chi connectivity index (χ0v) is 14.5. The number of rotatable bonds is 3. The highest BCUT2D eigenvalue weighted by Gasteiger charge is 2.51. The zero-order chi connectivity index (χ0) is 18.0. The van der Waals surface area contributed by atoms with E-state index >= 15 is 0 Å². The van der Waals surface area contributed by atoms with Gasteiger partial charge in [-0.15, -0.1) is 0 Å². The van der Waals surface area contributed by atoms with Crippen molar-refractivity contribution in [2.75, 3.05) is 0 Å². The molecule has 0 amide bonds. The predicted molar refractivity (Wildman–Crippen MR) is 94.6 cm³/mol. The summed E-state index contributed by atoms with van der Waals surface area (Å²) in [7, 11) is 0. The fourth-order valence-electron chi connectivity index (χ4n) is 4.58. The first-order valence-corrected chi connectivity index (χ1v) is 9.03. The number of carbonyl (C=O) groups is 1. The average Bonchev–Trinajstić information content (AvgIpc) is 2.92. The van der Waals surface area contributed by atoms with E-state index in [4.69, 9.17) is 0 Å². The molecule has 4 nitrogen and oxygen atoms in total. The molecule has 132 valence electrons. The third kappa shape index (κ3) is 3.24. The second-order valence-corrected chi connectivity index (χ2v) is 7.59. The van der Waals surface area contributed by atoms with Gasteiger partial charge in [-0.1, -0.05) is 12.3 Å². The fraction of sp³-hybridized carbons (Fsp3) is 0.429. The van der Waals surface area contributed by atoms with Crippen LogP contribution < -0.4 is 0 Å². The second-order valence-electron chi connectivity index (χ2n) is 7.59. The van der Waals surface area contributed by atoms with Crippen molar-refractivity contribution in [2.24, 2.45) is 10.8 Å². The van der Waals surface area contributed by atoms with Crippen molar-refractivity contribution in [1.29, 1.82) is 0 Å². The lowest BCUT2D eigenvalue weighted by Gasteiger charge is -2.36. The van der Waals surface area contributed by atoms with Crippen molar-refractivity contribution in [2.45, 2.75) is 44.9 Å². The van der Waals surface area contributed by atoms with Gasteiger partial charge in [0.15, 0.2) is 11.6 Å². The second kappa shape index (κ2) is 6.60. The lowest BCUT2D eigenvalue weighted by Crippen LogP contribution is -2.29. The third-order valence-corrected chi connectivity index (χ3v) is 5.80. The maximum Gasteiger partial charge on any atom is 0.183 e. The molecule has 2 fully saturated rings. The van der Waals surface area contributed by atoms with Gasteiger partial charge in [0.05, 0.1) is 6.20 Å². The minimum Gasteiger partial charge on any atom is -0.292 e. The highest BCUT2D eigenvalue weighted by atomic mass is 19.1. The number of nitrogens with zero attached hydrogens (tertiary/aromatic N) is 3. The Balaban J connectivity index is 1.53. The van der Waals surface area contributed by atoms with Gasteiger partial charge in [-0.25, -0.2) is 14.4 Å². The summed E-state index contributed by atoms with van der Waals surface area (Å²) < 4.78 is 13.8. The van der Waals surface area contributed by atoms with E-state index in [-0.39, 0.29) is 28.1 Å². The van der Waals surface area contributed by atoms with Crippen LogP contribution in [0.25, 0.3) is 0 Å². The summed E-state index contributed by atoms with van der Waals surface area (Å²) in [5.74, 6) is 5.96. The number of halogens is 1. The summed E-state index contributed by atoms with van der Waals surface area (Å²) in [6.07, 6.45) is 12.7. The molecule has 2 aliphatic rings. The molecular weight excluding hydrogens is 329 g/mol. The molecule has 2 heterocycles. The van der Waals surface area contributed by atoms with Gasteiger partial charge in [0.25, 0.3) is 0 Å². The molecule has 2 unspecified atom stereocenters. The Morgan fingerprint density at radius 1 is 1.15 bits per heavy atom. The molecule has 0 aliphatic heterocycles. The van der Waals surface area contributed by atoms with E-state index in [1.54, 1.807) is 24.7 Å². The van der Waals surface area contributed by atoms with Gasteiger partial charge in [0.1, 0.15) is 11.4 Å². The number of hydrogen-bond acceptors (Lipinski definition) is 4. The largest absolute Gasteiger partial charge is 0.292 e. The van der Waals surface area contributed by atoms with Crippen molar-refractivity contribution < 1.29 is 9.18 Å². The van der Waals surface area contributed by atoms with E-state index in [0.717, 1.165) is 38.5 Å². The van der Waals surface area contributed by atoms with Gasteiger partial charge >= 0.3 is 0 Å². The van der Waals surface area contributed by atoms with E-state index in [0.29, 0.717) is 12.1 Å². The van der Waals surface area contributed by atoms with E-state index in [9.17, 15) is 9.18 Å². The molecule has 0 radical (unpaired) electrons. The Bertz CT molecular complexity index is 889. The highest BCUT2D eigenvalue weighted by molar-refractivity contribution is 5.94. The maximum atomic E-state index is 13.8.